The van der Waals surface area contributed by atoms with Gasteiger partial charge in [-0.05, 0) is 34.8 Å². The molecule has 25 heavy (non-hydrogen) atoms. The van der Waals surface area contributed by atoms with Crippen LogP contribution in [0.4, 0.5) is 10.1 Å². The first-order valence-corrected chi connectivity index (χ1v) is 9.61. The number of hydrogen-bond donors (Lipinski definition) is 0. The largest absolute Gasteiger partial charge is 0.313 e. The van der Waals surface area contributed by atoms with Crippen molar-refractivity contribution in [2.45, 2.75) is 37.1 Å². The third-order valence-electron chi connectivity index (χ3n) is 6.23. The van der Waals surface area contributed by atoms with Gasteiger partial charge in [-0.1, -0.05) is 12.8 Å². The summed E-state index contributed by atoms with van der Waals surface area (Å²) in [4.78, 5) is 21.7. The Morgan fingerprint density at radius 2 is 2.00 bits per heavy atom. The lowest BCUT2D eigenvalue weighted by atomic mass is 9.72. The molecule has 6 heteroatoms. The number of likely N-dealkylation sites (tertiary alicyclic amines) is 1. The Bertz CT molecular complexity index is 903. The maximum Gasteiger partial charge on any atom is 0.240 e. The molecule has 3 heterocycles. The lowest BCUT2D eigenvalue weighted by Crippen LogP contribution is -2.65. The van der Waals surface area contributed by atoms with Gasteiger partial charge in [0.05, 0.1) is 21.9 Å². The van der Waals surface area contributed by atoms with E-state index < -0.39 is 5.41 Å². The zero-order chi connectivity index (χ0) is 17.3. The number of hydrogen-bond acceptors (Lipinski definition) is 3. The molecule has 3 aliphatic rings. The molecule has 1 aromatic heterocycles. The van der Waals surface area contributed by atoms with Crippen molar-refractivity contribution >= 4 is 38.4 Å². The Kier molecular flexibility index (Phi) is 3.29. The van der Waals surface area contributed by atoms with Crippen LogP contribution >= 0.6 is 15.9 Å². The molecule has 5 rings (SSSR count). The fourth-order valence-corrected chi connectivity index (χ4v) is 5.28. The normalized spacial score (nSPS) is 22.8. The van der Waals surface area contributed by atoms with Gasteiger partial charge in [0, 0.05) is 43.2 Å². The number of anilines is 1. The lowest BCUT2D eigenvalue weighted by Gasteiger charge is -2.50. The van der Waals surface area contributed by atoms with Crippen LogP contribution < -0.4 is 4.90 Å². The van der Waals surface area contributed by atoms with E-state index in [4.69, 9.17) is 0 Å². The van der Waals surface area contributed by atoms with Crippen molar-refractivity contribution in [1.82, 2.24) is 9.88 Å². The summed E-state index contributed by atoms with van der Waals surface area (Å²) in [6.07, 6.45) is 6.77. The minimum absolute atomic E-state index is 0.145. The Hall–Kier alpha value is -1.53. The van der Waals surface area contributed by atoms with Gasteiger partial charge < -0.3 is 4.90 Å². The van der Waals surface area contributed by atoms with Gasteiger partial charge in [0.1, 0.15) is 11.2 Å². The van der Waals surface area contributed by atoms with Crippen molar-refractivity contribution in [1.29, 1.82) is 0 Å². The number of halogens is 2. The second-order valence-corrected chi connectivity index (χ2v) is 8.45. The summed E-state index contributed by atoms with van der Waals surface area (Å²) in [5.41, 5.74) is 2.01. The molecule has 0 atom stereocenters. The van der Waals surface area contributed by atoms with E-state index in [-0.39, 0.29) is 11.7 Å². The Morgan fingerprint density at radius 1 is 1.28 bits per heavy atom. The van der Waals surface area contributed by atoms with E-state index in [2.05, 4.69) is 25.8 Å². The molecular formula is C19H19BrFN3O. The van der Waals surface area contributed by atoms with Crippen molar-refractivity contribution < 1.29 is 9.18 Å². The third kappa shape index (κ3) is 2.01. The molecule has 1 aliphatic carbocycles. The quantitative estimate of drug-likeness (QED) is 0.729. The number of carbonyl (C=O) groups excluding carboxylic acids is 1. The minimum Gasteiger partial charge on any atom is -0.313 e. The highest BCUT2D eigenvalue weighted by Gasteiger charge is 2.59. The average Bonchev–Trinajstić information content (AvgIpc) is 3.15. The molecule has 1 saturated carbocycles. The predicted octanol–water partition coefficient (Wildman–Crippen LogP) is 3.61. The second-order valence-electron chi connectivity index (χ2n) is 7.59. The first-order valence-electron chi connectivity index (χ1n) is 8.82. The van der Waals surface area contributed by atoms with Crippen LogP contribution in [0.15, 0.2) is 22.8 Å². The van der Waals surface area contributed by atoms with Gasteiger partial charge in [0.25, 0.3) is 0 Å². The van der Waals surface area contributed by atoms with E-state index in [1.54, 1.807) is 17.2 Å². The molecule has 1 aromatic carbocycles. The number of benzene rings is 1. The van der Waals surface area contributed by atoms with Crippen LogP contribution in [0.1, 0.15) is 31.2 Å². The zero-order valence-corrected chi connectivity index (χ0v) is 15.6. The lowest BCUT2D eigenvalue weighted by molar-refractivity contribution is -0.130. The molecule has 1 amide bonds. The fourth-order valence-electron chi connectivity index (χ4n) is 4.94. The van der Waals surface area contributed by atoms with E-state index in [1.807, 2.05) is 7.05 Å². The molecule has 0 unspecified atom stereocenters. The van der Waals surface area contributed by atoms with Gasteiger partial charge in [-0.2, -0.15) is 0 Å². The molecular weight excluding hydrogens is 385 g/mol. The van der Waals surface area contributed by atoms with E-state index in [0.717, 1.165) is 29.7 Å². The van der Waals surface area contributed by atoms with Crippen molar-refractivity contribution in [3.05, 3.63) is 34.2 Å². The summed E-state index contributed by atoms with van der Waals surface area (Å²) in [5.74, 6) is -0.181. The van der Waals surface area contributed by atoms with Crippen LogP contribution in [0, 0.1) is 5.82 Å². The smallest absolute Gasteiger partial charge is 0.240 e. The van der Waals surface area contributed by atoms with E-state index in [9.17, 15) is 9.18 Å². The highest BCUT2D eigenvalue weighted by Crippen LogP contribution is 2.51. The summed E-state index contributed by atoms with van der Waals surface area (Å²) in [5, 5.41) is 0.884. The highest BCUT2D eigenvalue weighted by molar-refractivity contribution is 9.10. The maximum atomic E-state index is 13.9. The predicted molar refractivity (Wildman–Crippen MR) is 98.3 cm³/mol. The van der Waals surface area contributed by atoms with Gasteiger partial charge in [-0.25, -0.2) is 4.39 Å². The number of nitrogens with zero attached hydrogens (tertiary/aromatic N) is 3. The van der Waals surface area contributed by atoms with Crippen LogP contribution in [0.3, 0.4) is 0 Å². The van der Waals surface area contributed by atoms with Crippen molar-refractivity contribution in [3.8, 4) is 0 Å². The summed E-state index contributed by atoms with van der Waals surface area (Å²) >= 11 is 3.29. The number of pyridine rings is 1. The van der Waals surface area contributed by atoms with E-state index in [0.29, 0.717) is 16.0 Å². The first kappa shape index (κ1) is 15.7. The molecule has 0 bridgehead atoms. The molecule has 2 aromatic rings. The minimum atomic E-state index is -0.495. The summed E-state index contributed by atoms with van der Waals surface area (Å²) in [6.45, 7) is 1.53. The van der Waals surface area contributed by atoms with Crippen LogP contribution in [0.5, 0.6) is 0 Å². The molecule has 0 radical (unpaired) electrons. The van der Waals surface area contributed by atoms with Crippen LogP contribution in [-0.2, 0) is 10.2 Å². The van der Waals surface area contributed by atoms with Crippen LogP contribution in [0.2, 0.25) is 0 Å². The molecule has 1 spiro atoms. The van der Waals surface area contributed by atoms with Gasteiger partial charge >= 0.3 is 0 Å². The number of carbonyl (C=O) groups is 1. The number of likely N-dealkylation sites (N-methyl/N-ethyl adjacent to an activating group) is 1. The SMILES string of the molecule is CN1C(=O)C2(CN(C3CCCC3)C2)c2c1cnc1cc(F)c(Br)cc21. The van der Waals surface area contributed by atoms with Crippen LogP contribution in [-0.4, -0.2) is 42.0 Å². The summed E-state index contributed by atoms with van der Waals surface area (Å²) < 4.78 is 14.4. The Balaban J connectivity index is 1.65. The Labute approximate surface area is 154 Å². The van der Waals surface area contributed by atoms with E-state index >= 15 is 0 Å². The summed E-state index contributed by atoms with van der Waals surface area (Å²) in [7, 11) is 1.82. The highest BCUT2D eigenvalue weighted by atomic mass is 79.9. The second kappa shape index (κ2) is 5.24. The van der Waals surface area contributed by atoms with Gasteiger partial charge in [-0.3, -0.25) is 14.7 Å². The molecule has 2 aliphatic heterocycles. The van der Waals surface area contributed by atoms with Crippen molar-refractivity contribution in [2.24, 2.45) is 0 Å². The molecule has 4 nitrogen and oxygen atoms in total. The molecule has 2 fully saturated rings. The zero-order valence-electron chi connectivity index (χ0n) is 14.1. The van der Waals surface area contributed by atoms with Gasteiger partial charge in [-0.15, -0.1) is 0 Å². The summed E-state index contributed by atoms with van der Waals surface area (Å²) in [6, 6.07) is 3.84. The number of aromatic nitrogens is 1. The standard InChI is InChI=1S/C19H19BrFN3O/c1-23-16-8-22-15-7-14(21)13(20)6-12(15)17(16)19(18(23)25)9-24(10-19)11-4-2-3-5-11/h6-8,11H,2-5,9-10H2,1H3. The topological polar surface area (TPSA) is 36.4 Å². The van der Waals surface area contributed by atoms with Gasteiger partial charge in [0.15, 0.2) is 0 Å². The fraction of sp³-hybridized carbons (Fsp3) is 0.474. The van der Waals surface area contributed by atoms with Crippen LogP contribution in [0.25, 0.3) is 10.9 Å². The maximum absolute atomic E-state index is 13.9. The Morgan fingerprint density at radius 3 is 2.72 bits per heavy atom. The molecule has 130 valence electrons. The molecule has 1 saturated heterocycles. The average molecular weight is 404 g/mol. The third-order valence-corrected chi connectivity index (χ3v) is 6.84. The number of rotatable bonds is 1. The first-order chi connectivity index (χ1) is 12.0. The van der Waals surface area contributed by atoms with Crippen molar-refractivity contribution in [2.75, 3.05) is 25.0 Å². The van der Waals surface area contributed by atoms with E-state index in [1.165, 1.54) is 31.7 Å². The molecule has 0 N–H and O–H groups in total. The van der Waals surface area contributed by atoms with Crippen molar-refractivity contribution in [3.63, 3.8) is 0 Å². The monoisotopic (exact) mass is 403 g/mol. The number of amides is 1. The van der Waals surface area contributed by atoms with Gasteiger partial charge in [0.2, 0.25) is 5.91 Å². The number of fused-ring (bicyclic) bond motifs is 4.